The number of quaternary nitrogens is 1. The lowest BCUT2D eigenvalue weighted by Crippen LogP contribution is -2.37. The van der Waals surface area contributed by atoms with Crippen molar-refractivity contribution in [2.45, 2.75) is 373 Å². The molecule has 0 aromatic heterocycles. The number of rotatable bonds is 65. The molecule has 77 heavy (non-hydrogen) atoms. The van der Waals surface area contributed by atoms with E-state index >= 15 is 0 Å². The predicted octanol–water partition coefficient (Wildman–Crippen LogP) is 21.1. The van der Waals surface area contributed by atoms with E-state index in [9.17, 15) is 19.0 Å². The van der Waals surface area contributed by atoms with Crippen LogP contribution in [-0.4, -0.2) is 70.0 Å². The third kappa shape index (κ3) is 64.1. The maximum atomic E-state index is 12.8. The van der Waals surface area contributed by atoms with Crippen molar-refractivity contribution in [3.63, 3.8) is 0 Å². The zero-order valence-electron chi connectivity index (χ0n) is 52.5. The van der Waals surface area contributed by atoms with E-state index in [4.69, 9.17) is 18.5 Å². The Morgan fingerprint density at radius 2 is 0.584 bits per heavy atom. The molecule has 0 rings (SSSR count). The lowest BCUT2D eigenvalue weighted by molar-refractivity contribution is -0.870. The average Bonchev–Trinajstić information content (AvgIpc) is 3.39. The third-order valence-corrected chi connectivity index (χ3v) is 16.8. The number of likely N-dealkylation sites (N-methyl/N-ethyl adjacent to an activating group) is 1. The number of unbranched alkanes of at least 4 members (excludes halogenated alkanes) is 51. The summed E-state index contributed by atoms with van der Waals surface area (Å²) >= 11 is 0. The number of phosphoric ester groups is 1. The van der Waals surface area contributed by atoms with E-state index in [1.54, 1.807) is 0 Å². The van der Waals surface area contributed by atoms with Gasteiger partial charge in [0.1, 0.15) is 19.8 Å². The van der Waals surface area contributed by atoms with Crippen LogP contribution in [0, 0.1) is 0 Å². The number of nitrogens with zero attached hydrogens (tertiary/aromatic N) is 1. The van der Waals surface area contributed by atoms with Gasteiger partial charge in [0.15, 0.2) is 6.10 Å². The molecule has 0 radical (unpaired) electrons. The second-order valence-electron chi connectivity index (χ2n) is 24.9. The SMILES string of the molecule is CCCCCCCCCCCCCCCCCCCCCCCCCCCCCCCCCCCC(=O)OC(COC(=O)CCCCCCCCCCCCCCCCCCCCCC)COP(=O)([O-])OCC[N+](C)(C)C. The molecular weight excluding hydrogens is 978 g/mol. The molecule has 0 saturated heterocycles. The number of hydrogen-bond acceptors (Lipinski definition) is 8. The van der Waals surface area contributed by atoms with E-state index in [0.29, 0.717) is 17.4 Å². The summed E-state index contributed by atoms with van der Waals surface area (Å²) < 4.78 is 34.3. The minimum atomic E-state index is -4.63. The molecule has 460 valence electrons. The summed E-state index contributed by atoms with van der Waals surface area (Å²) in [6.07, 6.45) is 70.5. The first-order chi connectivity index (χ1) is 37.5. The molecule has 0 fully saturated rings. The fraction of sp³-hybridized carbons (Fsp3) is 0.970. The Labute approximate surface area is 480 Å². The van der Waals surface area contributed by atoms with Crippen LogP contribution >= 0.6 is 7.82 Å². The standard InChI is InChI=1S/C67H134NO8P/c1-6-8-10-12-14-16-18-20-22-24-26-28-29-30-31-32-33-34-35-36-37-38-39-40-42-44-46-48-50-52-54-56-58-60-67(70)76-65(64-75-77(71,72)74-62-61-68(3,4)5)63-73-66(69)59-57-55-53-51-49-47-45-43-41-27-25-23-21-19-17-15-13-11-9-7-2/h65H,6-64H2,1-5H3. The van der Waals surface area contributed by atoms with Crippen LogP contribution in [0.5, 0.6) is 0 Å². The lowest BCUT2D eigenvalue weighted by atomic mass is 10.0. The van der Waals surface area contributed by atoms with Gasteiger partial charge in [0, 0.05) is 12.8 Å². The highest BCUT2D eigenvalue weighted by Gasteiger charge is 2.22. The summed E-state index contributed by atoms with van der Waals surface area (Å²) in [4.78, 5) is 38.0. The second kappa shape index (κ2) is 59.6. The Bertz CT molecular complexity index is 1260. The largest absolute Gasteiger partial charge is 0.756 e. The van der Waals surface area contributed by atoms with Crippen LogP contribution in [-0.2, 0) is 32.7 Å². The maximum Gasteiger partial charge on any atom is 0.306 e. The summed E-state index contributed by atoms with van der Waals surface area (Å²) in [7, 11) is 1.19. The molecule has 9 nitrogen and oxygen atoms in total. The molecule has 0 amide bonds. The Morgan fingerprint density at radius 3 is 0.831 bits per heavy atom. The highest BCUT2D eigenvalue weighted by atomic mass is 31.2. The molecule has 0 aliphatic carbocycles. The van der Waals surface area contributed by atoms with Crippen molar-refractivity contribution in [2.24, 2.45) is 0 Å². The molecule has 0 aromatic rings. The zero-order valence-corrected chi connectivity index (χ0v) is 53.4. The van der Waals surface area contributed by atoms with Crippen LogP contribution in [0.3, 0.4) is 0 Å². The van der Waals surface area contributed by atoms with Gasteiger partial charge in [0.25, 0.3) is 7.82 Å². The summed E-state index contributed by atoms with van der Waals surface area (Å²) in [5, 5.41) is 0. The van der Waals surface area contributed by atoms with Crippen molar-refractivity contribution in [2.75, 3.05) is 47.5 Å². The number of esters is 2. The first kappa shape index (κ1) is 76.0. The van der Waals surface area contributed by atoms with Crippen molar-refractivity contribution in [1.29, 1.82) is 0 Å². The van der Waals surface area contributed by atoms with Crippen LogP contribution in [0.1, 0.15) is 367 Å². The number of ether oxygens (including phenoxy) is 2. The number of carbonyl (C=O) groups is 2. The monoisotopic (exact) mass is 1110 g/mol. The number of carbonyl (C=O) groups excluding carboxylic acids is 2. The predicted molar refractivity (Wildman–Crippen MR) is 329 cm³/mol. The summed E-state index contributed by atoms with van der Waals surface area (Å²) in [6, 6.07) is 0. The minimum absolute atomic E-state index is 0.0249. The van der Waals surface area contributed by atoms with Crippen molar-refractivity contribution in [3.05, 3.63) is 0 Å². The van der Waals surface area contributed by atoms with Gasteiger partial charge in [-0.25, -0.2) is 0 Å². The Hall–Kier alpha value is -0.990. The topological polar surface area (TPSA) is 111 Å². The molecule has 0 aromatic carbocycles. The fourth-order valence-corrected chi connectivity index (χ4v) is 11.3. The molecule has 0 bridgehead atoms. The average molecular weight is 1110 g/mol. The molecule has 2 atom stereocenters. The second-order valence-corrected chi connectivity index (χ2v) is 26.3. The Balaban J connectivity index is 3.95. The van der Waals surface area contributed by atoms with E-state index in [0.717, 1.165) is 32.1 Å². The highest BCUT2D eigenvalue weighted by molar-refractivity contribution is 7.45. The van der Waals surface area contributed by atoms with Gasteiger partial charge in [0.05, 0.1) is 27.7 Å². The zero-order chi connectivity index (χ0) is 56.3. The molecule has 0 aliphatic rings. The van der Waals surface area contributed by atoms with E-state index in [1.807, 2.05) is 21.1 Å². The quantitative estimate of drug-likeness (QED) is 0.0256. The van der Waals surface area contributed by atoms with Gasteiger partial charge < -0.3 is 27.9 Å². The van der Waals surface area contributed by atoms with Gasteiger partial charge in [-0.1, -0.05) is 341 Å². The molecule has 0 aliphatic heterocycles. The summed E-state index contributed by atoms with van der Waals surface area (Å²) in [5.74, 6) is -0.805. The number of phosphoric acid groups is 1. The first-order valence-corrected chi connectivity index (χ1v) is 35.7. The van der Waals surface area contributed by atoms with Crippen LogP contribution < -0.4 is 4.89 Å². The van der Waals surface area contributed by atoms with Gasteiger partial charge >= 0.3 is 11.9 Å². The molecule has 0 N–H and O–H groups in total. The number of hydrogen-bond donors (Lipinski definition) is 0. The molecule has 0 spiro atoms. The smallest absolute Gasteiger partial charge is 0.306 e. The normalized spacial score (nSPS) is 13.1. The lowest BCUT2D eigenvalue weighted by Gasteiger charge is -2.28. The van der Waals surface area contributed by atoms with Gasteiger partial charge in [-0.05, 0) is 12.8 Å². The maximum absolute atomic E-state index is 12.8. The van der Waals surface area contributed by atoms with Crippen LogP contribution in [0.4, 0.5) is 0 Å². The van der Waals surface area contributed by atoms with Crippen molar-refractivity contribution in [3.8, 4) is 0 Å². The van der Waals surface area contributed by atoms with Crippen molar-refractivity contribution in [1.82, 2.24) is 0 Å². The van der Waals surface area contributed by atoms with Crippen LogP contribution in [0.25, 0.3) is 0 Å². The van der Waals surface area contributed by atoms with Crippen molar-refractivity contribution >= 4 is 19.8 Å². The van der Waals surface area contributed by atoms with E-state index in [2.05, 4.69) is 13.8 Å². The fourth-order valence-electron chi connectivity index (χ4n) is 10.6. The van der Waals surface area contributed by atoms with Crippen molar-refractivity contribution < 1.29 is 42.1 Å². The highest BCUT2D eigenvalue weighted by Crippen LogP contribution is 2.38. The summed E-state index contributed by atoms with van der Waals surface area (Å²) in [5.41, 5.74) is 0. The molecule has 0 saturated carbocycles. The molecule has 10 heteroatoms. The molecule has 2 unspecified atom stereocenters. The Kier molecular flexibility index (Phi) is 58.9. The summed E-state index contributed by atoms with van der Waals surface area (Å²) in [6.45, 7) is 4.33. The molecular formula is C67H134NO8P. The Morgan fingerprint density at radius 1 is 0.351 bits per heavy atom. The van der Waals surface area contributed by atoms with Gasteiger partial charge in [-0.3, -0.25) is 14.2 Å². The first-order valence-electron chi connectivity index (χ1n) is 34.2. The van der Waals surface area contributed by atoms with E-state index in [1.165, 1.54) is 302 Å². The third-order valence-electron chi connectivity index (χ3n) is 15.9. The van der Waals surface area contributed by atoms with Crippen LogP contribution in [0.2, 0.25) is 0 Å². The minimum Gasteiger partial charge on any atom is -0.756 e. The van der Waals surface area contributed by atoms with Gasteiger partial charge in [0.2, 0.25) is 0 Å². The van der Waals surface area contributed by atoms with E-state index in [-0.39, 0.29) is 32.0 Å². The van der Waals surface area contributed by atoms with Crippen LogP contribution in [0.15, 0.2) is 0 Å². The van der Waals surface area contributed by atoms with Gasteiger partial charge in [-0.15, -0.1) is 0 Å². The van der Waals surface area contributed by atoms with E-state index < -0.39 is 26.5 Å². The van der Waals surface area contributed by atoms with Gasteiger partial charge in [-0.2, -0.15) is 0 Å². The molecule has 0 heterocycles.